The van der Waals surface area contributed by atoms with Crippen LogP contribution in [0.5, 0.6) is 0 Å². The first kappa shape index (κ1) is 15.2. The molecule has 0 aromatic heterocycles. The highest BCUT2D eigenvalue weighted by Crippen LogP contribution is 2.38. The molecule has 23 heavy (non-hydrogen) atoms. The highest BCUT2D eigenvalue weighted by molar-refractivity contribution is 6.32. The maximum Gasteiger partial charge on any atom is 0.196 e. The van der Waals surface area contributed by atoms with Crippen molar-refractivity contribution in [2.75, 3.05) is 17.8 Å². The summed E-state index contributed by atoms with van der Waals surface area (Å²) in [4.78, 5) is 25.8. The third kappa shape index (κ3) is 2.21. The van der Waals surface area contributed by atoms with Crippen molar-refractivity contribution in [3.05, 3.63) is 58.1 Å². The maximum atomic E-state index is 12.9. The first-order chi connectivity index (χ1) is 11.0. The number of aryl methyl sites for hydroxylation is 1. The number of carbonyl (C=O) groups is 2. The minimum Gasteiger partial charge on any atom is -0.398 e. The standard InChI is InChI=1S/C18H19N3O2/c1-3-6-10-9-13(21(2)20)14-15(16(10)19)18(23)12-8-5-4-7-11(12)17(14)22/h4-5,7-9H,3,6,19-20H2,1-2H3. The summed E-state index contributed by atoms with van der Waals surface area (Å²) in [6, 6.07) is 8.63. The van der Waals surface area contributed by atoms with Gasteiger partial charge in [-0.3, -0.25) is 9.59 Å². The first-order valence-electron chi connectivity index (χ1n) is 7.59. The van der Waals surface area contributed by atoms with Crippen molar-refractivity contribution in [2.45, 2.75) is 19.8 Å². The number of hydrogen-bond donors (Lipinski definition) is 2. The topological polar surface area (TPSA) is 89.4 Å². The fourth-order valence-corrected chi connectivity index (χ4v) is 3.11. The van der Waals surface area contributed by atoms with E-state index in [1.807, 2.05) is 13.0 Å². The van der Waals surface area contributed by atoms with Crippen LogP contribution in [0.3, 0.4) is 0 Å². The van der Waals surface area contributed by atoms with Crippen LogP contribution in [0.25, 0.3) is 0 Å². The van der Waals surface area contributed by atoms with Crippen LogP contribution in [-0.4, -0.2) is 18.6 Å². The number of anilines is 2. The lowest BCUT2D eigenvalue weighted by Gasteiger charge is -2.26. The molecule has 0 radical (unpaired) electrons. The summed E-state index contributed by atoms with van der Waals surface area (Å²) in [6.45, 7) is 2.03. The van der Waals surface area contributed by atoms with E-state index in [0.717, 1.165) is 18.4 Å². The van der Waals surface area contributed by atoms with Crippen molar-refractivity contribution in [1.29, 1.82) is 0 Å². The minimum absolute atomic E-state index is 0.211. The zero-order valence-corrected chi connectivity index (χ0v) is 13.2. The van der Waals surface area contributed by atoms with Crippen molar-refractivity contribution in [3.8, 4) is 0 Å². The zero-order valence-electron chi connectivity index (χ0n) is 13.2. The molecule has 5 nitrogen and oxygen atoms in total. The van der Waals surface area contributed by atoms with E-state index in [2.05, 4.69) is 0 Å². The van der Waals surface area contributed by atoms with Crippen LogP contribution >= 0.6 is 0 Å². The highest BCUT2D eigenvalue weighted by atomic mass is 16.1. The SMILES string of the molecule is CCCc1cc(N(C)N)c2c(c1N)C(=O)c1ccccc1C2=O. The Bertz CT molecular complexity index is 825. The van der Waals surface area contributed by atoms with Crippen LogP contribution in [-0.2, 0) is 6.42 Å². The Morgan fingerprint density at radius 2 is 1.61 bits per heavy atom. The van der Waals surface area contributed by atoms with Crippen molar-refractivity contribution < 1.29 is 9.59 Å². The van der Waals surface area contributed by atoms with Gasteiger partial charge in [0.1, 0.15) is 0 Å². The average molecular weight is 309 g/mol. The van der Waals surface area contributed by atoms with Crippen molar-refractivity contribution >= 4 is 22.9 Å². The molecule has 0 atom stereocenters. The molecule has 4 N–H and O–H groups in total. The molecule has 1 aliphatic carbocycles. The lowest BCUT2D eigenvalue weighted by atomic mass is 9.80. The summed E-state index contributed by atoms with van der Waals surface area (Å²) in [5.74, 6) is 5.48. The molecular weight excluding hydrogens is 290 g/mol. The van der Waals surface area contributed by atoms with Gasteiger partial charge in [0.05, 0.1) is 16.8 Å². The summed E-state index contributed by atoms with van der Waals surface area (Å²) < 4.78 is 0. The van der Waals surface area contributed by atoms with Crippen molar-refractivity contribution in [1.82, 2.24) is 0 Å². The van der Waals surface area contributed by atoms with E-state index in [1.54, 1.807) is 31.3 Å². The van der Waals surface area contributed by atoms with Crippen LogP contribution < -0.4 is 16.6 Å². The lowest BCUT2D eigenvalue weighted by molar-refractivity contribution is 0.0980. The van der Waals surface area contributed by atoms with Gasteiger partial charge in [0.2, 0.25) is 0 Å². The van der Waals surface area contributed by atoms with E-state index in [-0.39, 0.29) is 17.1 Å². The molecule has 0 saturated heterocycles. The Kier molecular flexibility index (Phi) is 3.66. The fraction of sp³-hybridized carbons (Fsp3) is 0.222. The van der Waals surface area contributed by atoms with E-state index >= 15 is 0 Å². The number of hydrazine groups is 1. The van der Waals surface area contributed by atoms with Gasteiger partial charge in [-0.2, -0.15) is 0 Å². The Balaban J connectivity index is 2.36. The number of carbonyl (C=O) groups excluding carboxylic acids is 2. The fourth-order valence-electron chi connectivity index (χ4n) is 3.11. The van der Waals surface area contributed by atoms with Gasteiger partial charge < -0.3 is 10.7 Å². The molecule has 118 valence electrons. The number of fused-ring (bicyclic) bond motifs is 2. The van der Waals surface area contributed by atoms with Crippen LogP contribution in [0, 0.1) is 0 Å². The van der Waals surface area contributed by atoms with Gasteiger partial charge in [0.25, 0.3) is 0 Å². The molecule has 0 bridgehead atoms. The number of rotatable bonds is 3. The quantitative estimate of drug-likeness (QED) is 0.440. The lowest BCUT2D eigenvalue weighted by Crippen LogP contribution is -2.31. The Labute approximate surface area is 134 Å². The van der Waals surface area contributed by atoms with Gasteiger partial charge in [0, 0.05) is 23.9 Å². The Hall–Kier alpha value is -2.66. The molecule has 0 heterocycles. The van der Waals surface area contributed by atoms with Gasteiger partial charge in [-0.1, -0.05) is 37.6 Å². The number of benzene rings is 2. The van der Waals surface area contributed by atoms with Gasteiger partial charge >= 0.3 is 0 Å². The third-order valence-electron chi connectivity index (χ3n) is 4.20. The summed E-state index contributed by atoms with van der Waals surface area (Å²) in [6.07, 6.45) is 1.61. The first-order valence-corrected chi connectivity index (χ1v) is 7.59. The largest absolute Gasteiger partial charge is 0.398 e. The second-order valence-electron chi connectivity index (χ2n) is 5.78. The molecule has 0 aliphatic heterocycles. The smallest absolute Gasteiger partial charge is 0.196 e. The van der Waals surface area contributed by atoms with E-state index in [9.17, 15) is 9.59 Å². The van der Waals surface area contributed by atoms with Crippen molar-refractivity contribution in [2.24, 2.45) is 5.84 Å². The molecule has 0 unspecified atom stereocenters. The molecule has 0 saturated carbocycles. The number of hydrogen-bond acceptors (Lipinski definition) is 5. The minimum atomic E-state index is -0.214. The van der Waals surface area contributed by atoms with Gasteiger partial charge in [0.15, 0.2) is 11.6 Å². The van der Waals surface area contributed by atoms with Crippen molar-refractivity contribution in [3.63, 3.8) is 0 Å². The molecule has 1 aliphatic rings. The Morgan fingerprint density at radius 3 is 2.13 bits per heavy atom. The maximum absolute atomic E-state index is 12.9. The van der Waals surface area contributed by atoms with Crippen LogP contribution in [0.2, 0.25) is 0 Å². The molecule has 2 aromatic rings. The predicted molar refractivity (Wildman–Crippen MR) is 90.7 cm³/mol. The third-order valence-corrected chi connectivity index (χ3v) is 4.20. The van der Waals surface area contributed by atoms with Crippen LogP contribution in [0.4, 0.5) is 11.4 Å². The number of ketones is 2. The van der Waals surface area contributed by atoms with Gasteiger partial charge in [-0.15, -0.1) is 0 Å². The highest BCUT2D eigenvalue weighted by Gasteiger charge is 2.34. The molecule has 0 spiro atoms. The van der Waals surface area contributed by atoms with Crippen LogP contribution in [0.1, 0.15) is 50.8 Å². The molecule has 2 aromatic carbocycles. The molecular formula is C18H19N3O2. The van der Waals surface area contributed by atoms with E-state index < -0.39 is 0 Å². The molecule has 3 rings (SSSR count). The summed E-state index contributed by atoms with van der Waals surface area (Å²) in [7, 11) is 1.65. The second kappa shape index (κ2) is 5.52. The molecule has 0 amide bonds. The zero-order chi connectivity index (χ0) is 16.7. The second-order valence-corrected chi connectivity index (χ2v) is 5.78. The number of nitrogens with two attached hydrogens (primary N) is 2. The normalized spacial score (nSPS) is 12.8. The average Bonchev–Trinajstić information content (AvgIpc) is 2.54. The summed E-state index contributed by atoms with van der Waals surface area (Å²) >= 11 is 0. The van der Waals surface area contributed by atoms with E-state index in [4.69, 9.17) is 11.6 Å². The van der Waals surface area contributed by atoms with Gasteiger partial charge in [-0.05, 0) is 18.1 Å². The summed E-state index contributed by atoms with van der Waals surface area (Å²) in [5, 5.41) is 1.37. The monoisotopic (exact) mass is 309 g/mol. The number of nitrogen functional groups attached to an aromatic ring is 1. The van der Waals surface area contributed by atoms with Gasteiger partial charge in [-0.25, -0.2) is 5.84 Å². The molecule has 0 fully saturated rings. The number of nitrogens with zero attached hydrogens (tertiary/aromatic N) is 1. The Morgan fingerprint density at radius 1 is 1.04 bits per heavy atom. The van der Waals surface area contributed by atoms with E-state index in [0.29, 0.717) is 28.1 Å². The summed E-state index contributed by atoms with van der Waals surface area (Å²) in [5.41, 5.74) is 9.39. The van der Waals surface area contributed by atoms with E-state index in [1.165, 1.54) is 5.01 Å². The predicted octanol–water partition coefficient (Wildman–Crippen LogP) is 2.31. The molecule has 5 heteroatoms. The van der Waals surface area contributed by atoms with Crippen LogP contribution in [0.15, 0.2) is 30.3 Å².